The SMILES string of the molecule is COC1COCCC1C[C@@H]1C[C@H]2CN(C3CCOCC3C)C[C@@]2(C(=O)N2CCc3ncc(C)cc3C2)C1. The second-order valence-electron chi connectivity index (χ2n) is 12.7. The number of carbonyl (C=O) groups excluding carboxylic acids is 1. The number of aromatic nitrogens is 1. The first-order chi connectivity index (χ1) is 18.0. The third-order valence-electron chi connectivity index (χ3n) is 10.3. The molecule has 37 heavy (non-hydrogen) atoms. The Bertz CT molecular complexity index is 988. The van der Waals surface area contributed by atoms with Gasteiger partial charge in [0.1, 0.15) is 0 Å². The molecule has 4 unspecified atom stereocenters. The van der Waals surface area contributed by atoms with Crippen molar-refractivity contribution in [1.29, 1.82) is 0 Å². The average molecular weight is 512 g/mol. The smallest absolute Gasteiger partial charge is 0.230 e. The number of fused-ring (bicyclic) bond motifs is 2. The Morgan fingerprint density at radius 2 is 2.08 bits per heavy atom. The van der Waals surface area contributed by atoms with Gasteiger partial charge in [0, 0.05) is 70.9 Å². The summed E-state index contributed by atoms with van der Waals surface area (Å²) in [5, 5.41) is 0. The maximum absolute atomic E-state index is 14.6. The molecule has 0 N–H and O–H groups in total. The second kappa shape index (κ2) is 10.6. The van der Waals surface area contributed by atoms with Gasteiger partial charge in [0.15, 0.2) is 0 Å². The lowest BCUT2D eigenvalue weighted by atomic mass is 9.77. The maximum Gasteiger partial charge on any atom is 0.230 e. The molecule has 204 valence electrons. The summed E-state index contributed by atoms with van der Waals surface area (Å²) in [5.41, 5.74) is 3.32. The van der Waals surface area contributed by atoms with Gasteiger partial charge in [0.2, 0.25) is 5.91 Å². The van der Waals surface area contributed by atoms with Crippen LogP contribution in [-0.4, -0.2) is 86.0 Å². The fourth-order valence-corrected chi connectivity index (χ4v) is 8.47. The van der Waals surface area contributed by atoms with E-state index >= 15 is 0 Å². The summed E-state index contributed by atoms with van der Waals surface area (Å²) >= 11 is 0. The van der Waals surface area contributed by atoms with Gasteiger partial charge in [-0.25, -0.2) is 0 Å². The van der Waals surface area contributed by atoms with E-state index in [4.69, 9.17) is 14.2 Å². The molecular formula is C30H45N3O4. The third kappa shape index (κ3) is 4.86. The van der Waals surface area contributed by atoms with Crippen LogP contribution in [0.1, 0.15) is 55.8 Å². The largest absolute Gasteiger partial charge is 0.381 e. The van der Waals surface area contributed by atoms with Crippen molar-refractivity contribution in [3.8, 4) is 0 Å². The van der Waals surface area contributed by atoms with Crippen molar-refractivity contribution in [1.82, 2.24) is 14.8 Å². The van der Waals surface area contributed by atoms with Crippen LogP contribution in [0.4, 0.5) is 0 Å². The van der Waals surface area contributed by atoms with Crippen molar-refractivity contribution in [3.63, 3.8) is 0 Å². The fourth-order valence-electron chi connectivity index (χ4n) is 8.47. The van der Waals surface area contributed by atoms with E-state index in [2.05, 4.69) is 34.7 Å². The third-order valence-corrected chi connectivity index (χ3v) is 10.3. The summed E-state index contributed by atoms with van der Waals surface area (Å²) in [4.78, 5) is 24.1. The molecular weight excluding hydrogens is 466 g/mol. The highest BCUT2D eigenvalue weighted by molar-refractivity contribution is 5.84. The summed E-state index contributed by atoms with van der Waals surface area (Å²) in [5.74, 6) is 2.50. The number of hydrogen-bond donors (Lipinski definition) is 0. The molecule has 5 heterocycles. The van der Waals surface area contributed by atoms with Gasteiger partial charge in [-0.3, -0.25) is 14.7 Å². The molecule has 5 aliphatic rings. The summed E-state index contributed by atoms with van der Waals surface area (Å²) in [6.45, 7) is 11.1. The summed E-state index contributed by atoms with van der Waals surface area (Å²) in [6, 6.07) is 2.76. The molecule has 0 radical (unpaired) electrons. The van der Waals surface area contributed by atoms with E-state index in [-0.39, 0.29) is 11.5 Å². The van der Waals surface area contributed by atoms with Crippen LogP contribution in [0.2, 0.25) is 0 Å². The van der Waals surface area contributed by atoms with E-state index in [0.29, 0.717) is 48.8 Å². The Hall–Kier alpha value is -1.54. The number of aryl methyl sites for hydroxylation is 1. The average Bonchev–Trinajstić information content (AvgIpc) is 3.43. The quantitative estimate of drug-likeness (QED) is 0.603. The van der Waals surface area contributed by atoms with Crippen molar-refractivity contribution in [3.05, 3.63) is 29.1 Å². The number of pyridine rings is 1. The molecule has 1 aliphatic carbocycles. The van der Waals surface area contributed by atoms with Crippen molar-refractivity contribution in [2.45, 2.75) is 71.1 Å². The molecule has 7 nitrogen and oxygen atoms in total. The van der Waals surface area contributed by atoms with Crippen molar-refractivity contribution < 1.29 is 19.0 Å². The Morgan fingerprint density at radius 3 is 2.92 bits per heavy atom. The van der Waals surface area contributed by atoms with Gasteiger partial charge in [0.05, 0.1) is 24.7 Å². The lowest BCUT2D eigenvalue weighted by Gasteiger charge is -2.40. The number of likely N-dealkylation sites (tertiary alicyclic amines) is 1. The zero-order valence-corrected chi connectivity index (χ0v) is 23.0. The second-order valence-corrected chi connectivity index (χ2v) is 12.7. The first-order valence-electron chi connectivity index (χ1n) is 14.6. The van der Waals surface area contributed by atoms with Crippen LogP contribution >= 0.6 is 0 Å². The molecule has 6 rings (SSSR count). The highest BCUT2D eigenvalue weighted by Crippen LogP contribution is 2.55. The number of carbonyl (C=O) groups is 1. The minimum absolute atomic E-state index is 0.190. The Labute approximate surface area is 222 Å². The number of nitrogens with zero attached hydrogens (tertiary/aromatic N) is 3. The van der Waals surface area contributed by atoms with Gasteiger partial charge in [-0.2, -0.15) is 0 Å². The minimum atomic E-state index is -0.259. The lowest BCUT2D eigenvalue weighted by molar-refractivity contribution is -0.144. The van der Waals surface area contributed by atoms with Gasteiger partial charge < -0.3 is 19.1 Å². The molecule has 4 aliphatic heterocycles. The van der Waals surface area contributed by atoms with Crippen LogP contribution in [0, 0.1) is 36.0 Å². The molecule has 0 aromatic carbocycles. The molecule has 7 heteroatoms. The van der Waals surface area contributed by atoms with E-state index < -0.39 is 0 Å². The topological polar surface area (TPSA) is 64.1 Å². The fraction of sp³-hybridized carbons (Fsp3) is 0.800. The van der Waals surface area contributed by atoms with Crippen LogP contribution in [0.5, 0.6) is 0 Å². The van der Waals surface area contributed by atoms with E-state index in [9.17, 15) is 4.79 Å². The molecule has 1 aromatic heterocycles. The number of amides is 1. The molecule has 4 fully saturated rings. The first kappa shape index (κ1) is 25.7. The minimum Gasteiger partial charge on any atom is -0.381 e. The van der Waals surface area contributed by atoms with Crippen LogP contribution in [0.15, 0.2) is 12.3 Å². The Kier molecular flexibility index (Phi) is 7.34. The predicted octanol–water partition coefficient (Wildman–Crippen LogP) is 3.47. The van der Waals surface area contributed by atoms with E-state index in [0.717, 1.165) is 71.6 Å². The summed E-state index contributed by atoms with van der Waals surface area (Å²) in [6.07, 6.45) is 8.52. The van der Waals surface area contributed by atoms with Gasteiger partial charge in [-0.05, 0) is 73.8 Å². The molecule has 0 bridgehead atoms. The summed E-state index contributed by atoms with van der Waals surface area (Å²) in [7, 11) is 1.82. The molecule has 7 atom stereocenters. The summed E-state index contributed by atoms with van der Waals surface area (Å²) < 4.78 is 17.3. The molecule has 3 saturated heterocycles. The molecule has 1 aromatic rings. The standard InChI is InChI=1S/C30H45N3O4/c1-20-10-24-15-32(7-4-26(24)31-14-20)29(34)30-13-22(11-23-5-8-37-18-28(23)35-3)12-25(30)16-33(19-30)27-6-9-36-17-21(27)2/h10,14,21-23,25,27-28H,4-9,11-13,15-19H2,1-3H3/t21?,22-,23?,25+,27?,28?,30+/m1/s1. The number of methoxy groups -OCH3 is 1. The lowest BCUT2D eigenvalue weighted by Crippen LogP contribution is -2.50. The predicted molar refractivity (Wildman–Crippen MR) is 141 cm³/mol. The van der Waals surface area contributed by atoms with Crippen molar-refractivity contribution in [2.24, 2.45) is 29.1 Å². The normalized spacial score (nSPS) is 38.4. The van der Waals surface area contributed by atoms with Crippen LogP contribution in [0.25, 0.3) is 0 Å². The van der Waals surface area contributed by atoms with Crippen LogP contribution in [-0.2, 0) is 32.0 Å². The van der Waals surface area contributed by atoms with E-state index in [1.54, 1.807) is 0 Å². The van der Waals surface area contributed by atoms with E-state index in [1.807, 2.05) is 13.3 Å². The number of rotatable bonds is 5. The van der Waals surface area contributed by atoms with Crippen LogP contribution in [0.3, 0.4) is 0 Å². The van der Waals surface area contributed by atoms with Crippen LogP contribution < -0.4 is 0 Å². The highest BCUT2D eigenvalue weighted by atomic mass is 16.5. The van der Waals surface area contributed by atoms with Gasteiger partial charge >= 0.3 is 0 Å². The van der Waals surface area contributed by atoms with Gasteiger partial charge in [0.25, 0.3) is 0 Å². The molecule has 1 saturated carbocycles. The zero-order chi connectivity index (χ0) is 25.6. The Morgan fingerprint density at radius 1 is 1.24 bits per heavy atom. The molecule has 0 spiro atoms. The van der Waals surface area contributed by atoms with E-state index in [1.165, 1.54) is 23.2 Å². The van der Waals surface area contributed by atoms with Gasteiger partial charge in [-0.1, -0.05) is 13.0 Å². The Balaban J connectivity index is 1.23. The zero-order valence-electron chi connectivity index (χ0n) is 23.0. The number of hydrogen-bond acceptors (Lipinski definition) is 6. The van der Waals surface area contributed by atoms with Crippen molar-refractivity contribution >= 4 is 5.91 Å². The molecule has 1 amide bonds. The maximum atomic E-state index is 14.6. The van der Waals surface area contributed by atoms with Gasteiger partial charge in [-0.15, -0.1) is 0 Å². The van der Waals surface area contributed by atoms with Crippen molar-refractivity contribution in [2.75, 3.05) is 53.2 Å². The highest BCUT2D eigenvalue weighted by Gasteiger charge is 2.59. The first-order valence-corrected chi connectivity index (χ1v) is 14.6. The monoisotopic (exact) mass is 511 g/mol. The number of ether oxygens (including phenoxy) is 3.